The number of carbonyl (C=O) groups excluding carboxylic acids is 1. The standard InChI is InChI=1S/C19H17ClN2O4S/c1-11(17(23)12-5-4-6-13(20)9-12)27-19-22-21-18(26-19)15-8-7-14(24-2)10-16(15)25-3/h4-11H,1-3H3/t11-/m0/s1. The van der Waals surface area contributed by atoms with Crippen LogP contribution in [-0.2, 0) is 0 Å². The highest BCUT2D eigenvalue weighted by molar-refractivity contribution is 8.00. The fraction of sp³-hybridized carbons (Fsp3) is 0.211. The molecule has 1 heterocycles. The molecule has 140 valence electrons. The molecule has 0 unspecified atom stereocenters. The van der Waals surface area contributed by atoms with Crippen LogP contribution in [0.4, 0.5) is 0 Å². The van der Waals surface area contributed by atoms with Crippen molar-refractivity contribution in [1.29, 1.82) is 0 Å². The summed E-state index contributed by atoms with van der Waals surface area (Å²) in [5, 5.41) is 8.49. The van der Waals surface area contributed by atoms with Crippen molar-refractivity contribution in [2.75, 3.05) is 14.2 Å². The maximum Gasteiger partial charge on any atom is 0.277 e. The number of Topliss-reactive ketones (excluding diaryl/α,β-unsaturated/α-hetero) is 1. The van der Waals surface area contributed by atoms with Crippen LogP contribution in [0.15, 0.2) is 52.1 Å². The summed E-state index contributed by atoms with van der Waals surface area (Å²) in [5.74, 6) is 1.45. The Morgan fingerprint density at radius 1 is 1.15 bits per heavy atom. The molecule has 3 aromatic rings. The van der Waals surface area contributed by atoms with E-state index in [1.807, 2.05) is 0 Å². The third kappa shape index (κ3) is 4.43. The van der Waals surface area contributed by atoms with Crippen molar-refractivity contribution in [3.8, 4) is 23.0 Å². The van der Waals surface area contributed by atoms with Gasteiger partial charge >= 0.3 is 0 Å². The summed E-state index contributed by atoms with van der Waals surface area (Å²) in [5.41, 5.74) is 1.19. The Hall–Kier alpha value is -2.51. The molecule has 8 heteroatoms. The van der Waals surface area contributed by atoms with E-state index in [1.54, 1.807) is 63.6 Å². The molecule has 0 aliphatic carbocycles. The van der Waals surface area contributed by atoms with Crippen LogP contribution >= 0.6 is 23.4 Å². The first-order valence-corrected chi connectivity index (χ1v) is 9.30. The van der Waals surface area contributed by atoms with Gasteiger partial charge in [0.2, 0.25) is 0 Å². The van der Waals surface area contributed by atoms with Gasteiger partial charge in [-0.1, -0.05) is 35.5 Å². The van der Waals surface area contributed by atoms with E-state index in [0.717, 1.165) is 0 Å². The highest BCUT2D eigenvalue weighted by Crippen LogP contribution is 2.34. The van der Waals surface area contributed by atoms with Gasteiger partial charge in [-0.25, -0.2) is 0 Å². The molecule has 0 aliphatic rings. The largest absolute Gasteiger partial charge is 0.497 e. The molecule has 0 fully saturated rings. The summed E-state index contributed by atoms with van der Waals surface area (Å²) >= 11 is 7.15. The first-order chi connectivity index (χ1) is 13.0. The second kappa shape index (κ2) is 8.45. The fourth-order valence-electron chi connectivity index (χ4n) is 2.42. The Morgan fingerprint density at radius 3 is 2.67 bits per heavy atom. The van der Waals surface area contributed by atoms with Crippen LogP contribution in [0.2, 0.25) is 5.02 Å². The van der Waals surface area contributed by atoms with Gasteiger partial charge in [-0.05, 0) is 31.2 Å². The van der Waals surface area contributed by atoms with Gasteiger partial charge in [-0.2, -0.15) is 0 Å². The van der Waals surface area contributed by atoms with E-state index in [1.165, 1.54) is 11.8 Å². The Balaban J connectivity index is 1.77. The van der Waals surface area contributed by atoms with Gasteiger partial charge < -0.3 is 13.9 Å². The molecule has 1 atom stereocenters. The molecule has 2 aromatic carbocycles. The second-order valence-corrected chi connectivity index (χ2v) is 7.30. The smallest absolute Gasteiger partial charge is 0.277 e. The van der Waals surface area contributed by atoms with Gasteiger partial charge in [0, 0.05) is 16.7 Å². The maximum absolute atomic E-state index is 12.5. The minimum atomic E-state index is -0.408. The lowest BCUT2D eigenvalue weighted by molar-refractivity contribution is 0.0993. The normalized spacial score (nSPS) is 11.9. The number of thioether (sulfide) groups is 1. The molecule has 0 spiro atoms. The number of ketones is 1. The van der Waals surface area contributed by atoms with E-state index in [4.69, 9.17) is 25.5 Å². The number of aromatic nitrogens is 2. The van der Waals surface area contributed by atoms with Gasteiger partial charge in [0.25, 0.3) is 11.1 Å². The summed E-state index contributed by atoms with van der Waals surface area (Å²) < 4.78 is 16.3. The average Bonchev–Trinajstić information content (AvgIpc) is 3.14. The zero-order valence-electron chi connectivity index (χ0n) is 14.9. The monoisotopic (exact) mass is 404 g/mol. The summed E-state index contributed by atoms with van der Waals surface area (Å²) in [7, 11) is 3.13. The maximum atomic E-state index is 12.5. The molecule has 0 saturated heterocycles. The lowest BCUT2D eigenvalue weighted by atomic mass is 10.1. The van der Waals surface area contributed by atoms with Gasteiger partial charge in [0.05, 0.1) is 25.0 Å². The average molecular weight is 405 g/mol. The molecular formula is C19H17ClN2O4S. The highest BCUT2D eigenvalue weighted by Gasteiger charge is 2.21. The Kier molecular flexibility index (Phi) is 6.03. The van der Waals surface area contributed by atoms with E-state index in [0.29, 0.717) is 38.8 Å². The van der Waals surface area contributed by atoms with E-state index in [2.05, 4.69) is 10.2 Å². The first-order valence-electron chi connectivity index (χ1n) is 8.04. The molecule has 27 heavy (non-hydrogen) atoms. The zero-order chi connectivity index (χ0) is 19.4. The quantitative estimate of drug-likeness (QED) is 0.414. The molecule has 0 amide bonds. The molecule has 6 nitrogen and oxygen atoms in total. The zero-order valence-corrected chi connectivity index (χ0v) is 16.5. The minimum absolute atomic E-state index is 0.0655. The van der Waals surface area contributed by atoms with Crippen LogP contribution in [0.1, 0.15) is 17.3 Å². The summed E-state index contributed by atoms with van der Waals surface area (Å²) in [6.07, 6.45) is 0. The van der Waals surface area contributed by atoms with E-state index in [9.17, 15) is 4.79 Å². The predicted octanol–water partition coefficient (Wildman–Crippen LogP) is 4.77. The molecule has 0 saturated carbocycles. The third-order valence-electron chi connectivity index (χ3n) is 3.80. The van der Waals surface area contributed by atoms with E-state index in [-0.39, 0.29) is 5.78 Å². The first kappa shape index (κ1) is 19.3. The SMILES string of the molecule is COc1ccc(-c2nnc(S[C@@H](C)C(=O)c3cccc(Cl)c3)o2)c(OC)c1. The van der Waals surface area contributed by atoms with Gasteiger partial charge in [-0.3, -0.25) is 4.79 Å². The number of methoxy groups -OCH3 is 2. The molecular weight excluding hydrogens is 388 g/mol. The van der Waals surface area contributed by atoms with Crippen LogP contribution in [0.25, 0.3) is 11.5 Å². The number of rotatable bonds is 7. The van der Waals surface area contributed by atoms with Gasteiger partial charge in [-0.15, -0.1) is 10.2 Å². The summed E-state index contributed by atoms with van der Waals surface area (Å²) in [6.45, 7) is 1.78. The molecule has 0 radical (unpaired) electrons. The number of hydrogen-bond acceptors (Lipinski definition) is 7. The lowest BCUT2D eigenvalue weighted by Gasteiger charge is -2.08. The number of ether oxygens (including phenoxy) is 2. The van der Waals surface area contributed by atoms with Crippen molar-refractivity contribution in [3.05, 3.63) is 53.1 Å². The molecule has 1 aromatic heterocycles. The Morgan fingerprint density at radius 2 is 1.96 bits per heavy atom. The van der Waals surface area contributed by atoms with Gasteiger partial charge in [0.15, 0.2) is 5.78 Å². The highest BCUT2D eigenvalue weighted by atomic mass is 35.5. The van der Waals surface area contributed by atoms with Crippen LogP contribution in [0.5, 0.6) is 11.5 Å². The van der Waals surface area contributed by atoms with Gasteiger partial charge in [0.1, 0.15) is 11.5 Å². The predicted molar refractivity (Wildman–Crippen MR) is 104 cm³/mol. The van der Waals surface area contributed by atoms with E-state index >= 15 is 0 Å². The van der Waals surface area contributed by atoms with Crippen LogP contribution in [-0.4, -0.2) is 35.5 Å². The summed E-state index contributed by atoms with van der Waals surface area (Å²) in [6, 6.07) is 12.1. The number of nitrogens with zero attached hydrogens (tertiary/aromatic N) is 2. The number of benzene rings is 2. The molecule has 3 rings (SSSR count). The topological polar surface area (TPSA) is 74.5 Å². The third-order valence-corrected chi connectivity index (χ3v) is 4.97. The molecule has 0 N–H and O–H groups in total. The van der Waals surface area contributed by atoms with Crippen molar-refractivity contribution >= 4 is 29.1 Å². The van der Waals surface area contributed by atoms with Crippen molar-refractivity contribution in [2.45, 2.75) is 17.4 Å². The molecule has 0 aliphatic heterocycles. The fourth-order valence-corrected chi connectivity index (χ4v) is 3.37. The van der Waals surface area contributed by atoms with Crippen LogP contribution in [0, 0.1) is 0 Å². The van der Waals surface area contributed by atoms with Crippen molar-refractivity contribution in [1.82, 2.24) is 10.2 Å². The lowest BCUT2D eigenvalue weighted by Crippen LogP contribution is -2.13. The van der Waals surface area contributed by atoms with Crippen molar-refractivity contribution < 1.29 is 18.7 Å². The number of halogens is 1. The summed E-state index contributed by atoms with van der Waals surface area (Å²) in [4.78, 5) is 12.5. The van der Waals surface area contributed by atoms with E-state index < -0.39 is 5.25 Å². The Bertz CT molecular complexity index is 960. The Labute approximate surface area is 165 Å². The van der Waals surface area contributed by atoms with Crippen molar-refractivity contribution in [2.24, 2.45) is 0 Å². The number of carbonyl (C=O) groups is 1. The van der Waals surface area contributed by atoms with Crippen LogP contribution in [0.3, 0.4) is 0 Å². The van der Waals surface area contributed by atoms with Crippen molar-refractivity contribution in [3.63, 3.8) is 0 Å². The molecule has 0 bridgehead atoms. The van der Waals surface area contributed by atoms with Crippen LogP contribution < -0.4 is 9.47 Å². The minimum Gasteiger partial charge on any atom is -0.497 e. The second-order valence-electron chi connectivity index (χ2n) is 5.57. The number of hydrogen-bond donors (Lipinski definition) is 0.